The Morgan fingerprint density at radius 1 is 1.15 bits per heavy atom. The molecule has 0 bridgehead atoms. The number of rotatable bonds is 6. The molecule has 2 aromatic rings. The molecule has 0 amide bonds. The van der Waals surface area contributed by atoms with E-state index in [1.807, 2.05) is 43.3 Å². The lowest BCUT2D eigenvalue weighted by molar-refractivity contribution is -0.0538. The van der Waals surface area contributed by atoms with E-state index in [4.69, 9.17) is 4.74 Å². The van der Waals surface area contributed by atoms with Crippen LogP contribution >= 0.6 is 22.6 Å². The molecule has 6 atom stereocenters. The van der Waals surface area contributed by atoms with Gasteiger partial charge in [0.1, 0.15) is 6.10 Å². The predicted molar refractivity (Wildman–Crippen MR) is 132 cm³/mol. The molecule has 0 saturated carbocycles. The molecule has 1 aromatic carbocycles. The molecule has 4 N–H and O–H groups in total. The van der Waals surface area contributed by atoms with Crippen molar-refractivity contribution in [1.29, 1.82) is 0 Å². The van der Waals surface area contributed by atoms with Gasteiger partial charge in [0.25, 0.3) is 5.56 Å². The average Bonchev–Trinajstić information content (AvgIpc) is 3.10. The van der Waals surface area contributed by atoms with Crippen LogP contribution < -0.4 is 11.2 Å². The summed E-state index contributed by atoms with van der Waals surface area (Å²) in [6.45, 7) is 1.63. The lowest BCUT2D eigenvalue weighted by Gasteiger charge is -2.43. The second-order valence-electron chi connectivity index (χ2n) is 8.81. The summed E-state index contributed by atoms with van der Waals surface area (Å²) in [6, 6.07) is 11.1. The molecule has 0 spiro atoms. The largest absolute Gasteiger partial charge is 0.396 e. The first-order valence-corrected chi connectivity index (χ1v) is 11.9. The number of allylic oxidation sites excluding steroid dienone is 3. The summed E-state index contributed by atoms with van der Waals surface area (Å²) >= 11 is 2.24. The van der Waals surface area contributed by atoms with Crippen LogP contribution in [0.1, 0.15) is 25.1 Å². The first-order chi connectivity index (χ1) is 15.8. The van der Waals surface area contributed by atoms with Crippen molar-refractivity contribution in [1.82, 2.24) is 9.55 Å². The Morgan fingerprint density at radius 3 is 2.52 bits per heavy atom. The smallest absolute Gasteiger partial charge is 0.330 e. The summed E-state index contributed by atoms with van der Waals surface area (Å²) in [6.07, 6.45) is 2.92. The van der Waals surface area contributed by atoms with Gasteiger partial charge < -0.3 is 20.1 Å². The number of hydrogen-bond donors (Lipinski definition) is 4. The lowest BCUT2D eigenvalue weighted by atomic mass is 9.62. The molecular formula is C24H27IN2O6. The van der Waals surface area contributed by atoms with E-state index in [0.717, 1.165) is 19.3 Å². The normalized spacial score (nSPS) is 31.8. The molecule has 33 heavy (non-hydrogen) atoms. The van der Waals surface area contributed by atoms with Crippen molar-refractivity contribution in [2.75, 3.05) is 13.2 Å². The van der Waals surface area contributed by atoms with Gasteiger partial charge in [-0.1, -0.05) is 43.3 Å². The van der Waals surface area contributed by atoms with Crippen LogP contribution in [-0.4, -0.2) is 50.3 Å². The monoisotopic (exact) mass is 566 g/mol. The fourth-order valence-electron chi connectivity index (χ4n) is 5.04. The highest BCUT2D eigenvalue weighted by Crippen LogP contribution is 2.53. The van der Waals surface area contributed by atoms with Gasteiger partial charge in [0.2, 0.25) is 0 Å². The van der Waals surface area contributed by atoms with Gasteiger partial charge in [-0.15, -0.1) is 0 Å². The third-order valence-corrected chi connectivity index (χ3v) is 7.52. The standard InChI is InChI=1S/C24H27IN2O6/c1-24(15(12-28)9-16(25)10-18(24)14-5-3-2-4-6-14)11-17-19(13-29)33-22(21(17)31)27-8-7-20(30)26-23(27)32/h2-10,15,17,19,21-22,28-29,31H,11-13H2,1H3,(H,26,30,32)/t15?,17?,19-,21?,22-,24?/m1/s1. The summed E-state index contributed by atoms with van der Waals surface area (Å²) in [5, 5.41) is 31.5. The SMILES string of the molecule is CC1(CC2C(O)[C@H](n3ccc(=O)[nH]c3=O)O[C@@H]2CO)C(c2ccccc2)=CC(I)=CC1CO. The van der Waals surface area contributed by atoms with Gasteiger partial charge >= 0.3 is 5.69 Å². The van der Waals surface area contributed by atoms with E-state index in [9.17, 15) is 24.9 Å². The Kier molecular flexibility index (Phi) is 7.06. The van der Waals surface area contributed by atoms with Gasteiger partial charge in [-0.25, -0.2) is 4.79 Å². The summed E-state index contributed by atoms with van der Waals surface area (Å²) in [5.74, 6) is -0.736. The number of nitrogens with one attached hydrogen (secondary N) is 1. The van der Waals surface area contributed by atoms with Crippen molar-refractivity contribution >= 4 is 28.2 Å². The number of hydrogen-bond acceptors (Lipinski definition) is 6. The maximum atomic E-state index is 12.3. The van der Waals surface area contributed by atoms with Gasteiger partial charge in [-0.2, -0.15) is 0 Å². The van der Waals surface area contributed by atoms with Crippen LogP contribution in [0.3, 0.4) is 0 Å². The Bertz CT molecular complexity index is 1170. The van der Waals surface area contributed by atoms with Crippen LogP contribution in [0.4, 0.5) is 0 Å². The Morgan fingerprint density at radius 2 is 1.88 bits per heavy atom. The van der Waals surface area contributed by atoms with Crippen LogP contribution in [-0.2, 0) is 4.74 Å². The van der Waals surface area contributed by atoms with Crippen molar-refractivity contribution < 1.29 is 20.1 Å². The number of aliphatic hydroxyl groups excluding tert-OH is 3. The lowest BCUT2D eigenvalue weighted by Crippen LogP contribution is -2.40. The van der Waals surface area contributed by atoms with Crippen molar-refractivity contribution in [3.63, 3.8) is 0 Å². The van der Waals surface area contributed by atoms with E-state index in [2.05, 4.69) is 33.7 Å². The van der Waals surface area contributed by atoms with Crippen molar-refractivity contribution in [2.45, 2.75) is 31.8 Å². The fourth-order valence-corrected chi connectivity index (χ4v) is 5.79. The summed E-state index contributed by atoms with van der Waals surface area (Å²) in [4.78, 5) is 25.9. The van der Waals surface area contributed by atoms with Gasteiger partial charge in [0.05, 0.1) is 19.3 Å². The molecule has 176 valence electrons. The zero-order chi connectivity index (χ0) is 23.8. The molecule has 1 aromatic heterocycles. The first kappa shape index (κ1) is 24.1. The number of aromatic nitrogens is 2. The molecule has 1 aliphatic carbocycles. The highest BCUT2D eigenvalue weighted by molar-refractivity contribution is 14.1. The van der Waals surface area contributed by atoms with Crippen LogP contribution in [0.5, 0.6) is 0 Å². The van der Waals surface area contributed by atoms with E-state index in [1.54, 1.807) is 0 Å². The molecule has 1 aliphatic heterocycles. The number of benzene rings is 1. The quantitative estimate of drug-likeness (QED) is 0.396. The Labute approximate surface area is 204 Å². The predicted octanol–water partition coefficient (Wildman–Crippen LogP) is 1.82. The fraction of sp³-hybridized carbons (Fsp3) is 0.417. The maximum Gasteiger partial charge on any atom is 0.330 e. The van der Waals surface area contributed by atoms with Crippen molar-refractivity contribution in [3.8, 4) is 0 Å². The molecule has 0 radical (unpaired) electrons. The number of H-pyrrole nitrogens is 1. The molecule has 9 heteroatoms. The minimum absolute atomic E-state index is 0.0799. The third kappa shape index (κ3) is 4.52. The topological polar surface area (TPSA) is 125 Å². The number of ether oxygens (including phenoxy) is 1. The third-order valence-electron chi connectivity index (χ3n) is 6.85. The van der Waals surface area contributed by atoms with E-state index in [0.29, 0.717) is 6.42 Å². The molecule has 1 saturated heterocycles. The maximum absolute atomic E-state index is 12.3. The van der Waals surface area contributed by atoms with Gasteiger partial charge in [0.15, 0.2) is 6.23 Å². The van der Waals surface area contributed by atoms with E-state index >= 15 is 0 Å². The first-order valence-electron chi connectivity index (χ1n) is 10.8. The van der Waals surface area contributed by atoms with E-state index < -0.39 is 41.0 Å². The molecule has 4 unspecified atom stereocenters. The highest BCUT2D eigenvalue weighted by atomic mass is 127. The van der Waals surface area contributed by atoms with Crippen LogP contribution in [0.2, 0.25) is 0 Å². The van der Waals surface area contributed by atoms with Crippen LogP contribution in [0, 0.1) is 17.3 Å². The summed E-state index contributed by atoms with van der Waals surface area (Å²) < 4.78 is 8.06. The Balaban J connectivity index is 1.72. The summed E-state index contributed by atoms with van der Waals surface area (Å²) in [7, 11) is 0. The second-order valence-corrected chi connectivity index (χ2v) is 10.1. The zero-order valence-electron chi connectivity index (χ0n) is 18.1. The molecule has 8 nitrogen and oxygen atoms in total. The van der Waals surface area contributed by atoms with Gasteiger partial charge in [0, 0.05) is 33.1 Å². The van der Waals surface area contributed by atoms with Gasteiger partial charge in [-0.3, -0.25) is 14.3 Å². The zero-order valence-corrected chi connectivity index (χ0v) is 20.3. The number of nitrogens with zero attached hydrogens (tertiary/aromatic N) is 1. The number of aromatic amines is 1. The molecule has 2 heterocycles. The molecule has 1 fully saturated rings. The summed E-state index contributed by atoms with van der Waals surface area (Å²) in [5.41, 5.74) is 0.241. The van der Waals surface area contributed by atoms with Crippen LogP contribution in [0.15, 0.2) is 67.9 Å². The number of halogens is 1. The molecule has 2 aliphatic rings. The highest BCUT2D eigenvalue weighted by Gasteiger charge is 2.50. The van der Waals surface area contributed by atoms with Crippen LogP contribution in [0.25, 0.3) is 5.57 Å². The second kappa shape index (κ2) is 9.67. The Hall–Kier alpha value is -2.05. The number of aliphatic hydroxyl groups is 3. The average molecular weight is 566 g/mol. The van der Waals surface area contributed by atoms with Crippen molar-refractivity contribution in [3.05, 3.63) is 84.7 Å². The van der Waals surface area contributed by atoms with E-state index in [-0.39, 0.29) is 19.1 Å². The van der Waals surface area contributed by atoms with E-state index in [1.165, 1.54) is 12.3 Å². The molecule has 4 rings (SSSR count). The van der Waals surface area contributed by atoms with Crippen molar-refractivity contribution in [2.24, 2.45) is 17.3 Å². The minimum atomic E-state index is -1.11. The molecular weight excluding hydrogens is 539 g/mol. The minimum Gasteiger partial charge on any atom is -0.396 e. The van der Waals surface area contributed by atoms with Gasteiger partial charge in [-0.05, 0) is 46.2 Å².